The maximum absolute atomic E-state index is 15.1. The van der Waals surface area contributed by atoms with E-state index in [4.69, 9.17) is 9.72 Å². The number of aromatic nitrogens is 2. The Morgan fingerprint density at radius 1 is 1.00 bits per heavy atom. The predicted octanol–water partition coefficient (Wildman–Crippen LogP) is 4.49. The van der Waals surface area contributed by atoms with Crippen molar-refractivity contribution < 1.29 is 18.7 Å². The smallest absolute Gasteiger partial charge is 0.321 e. The van der Waals surface area contributed by atoms with Crippen LogP contribution in [0.1, 0.15) is 24.1 Å². The molecule has 5 rings (SSSR count). The fraction of sp³-hybridized carbons (Fsp3) is 0.192. The van der Waals surface area contributed by atoms with E-state index in [0.29, 0.717) is 17.0 Å². The number of benzene rings is 3. The zero-order valence-electron chi connectivity index (χ0n) is 18.0. The molecule has 1 aromatic heterocycles. The number of hydrogen-bond acceptors (Lipinski definition) is 4. The average molecular weight is 443 g/mol. The van der Waals surface area contributed by atoms with Crippen LogP contribution in [0.15, 0.2) is 78.9 Å². The quantitative estimate of drug-likeness (QED) is 0.337. The van der Waals surface area contributed by atoms with Gasteiger partial charge in [-0.05, 0) is 30.7 Å². The monoisotopic (exact) mass is 443 g/mol. The van der Waals surface area contributed by atoms with Crippen molar-refractivity contribution in [2.75, 3.05) is 11.5 Å². The number of amides is 1. The van der Waals surface area contributed by atoms with Crippen molar-refractivity contribution in [1.29, 1.82) is 0 Å². The number of esters is 1. The summed E-state index contributed by atoms with van der Waals surface area (Å²) in [6.07, 6.45) is 0. The highest BCUT2D eigenvalue weighted by Gasteiger charge is 2.48. The van der Waals surface area contributed by atoms with E-state index >= 15 is 4.39 Å². The molecule has 0 bridgehead atoms. The third kappa shape index (κ3) is 3.55. The minimum absolute atomic E-state index is 0.114. The fourth-order valence-corrected chi connectivity index (χ4v) is 4.46. The summed E-state index contributed by atoms with van der Waals surface area (Å²) in [7, 11) is 0. The van der Waals surface area contributed by atoms with Gasteiger partial charge in [0.15, 0.2) is 5.92 Å². The summed E-state index contributed by atoms with van der Waals surface area (Å²) in [5, 5.41) is 0. The normalized spacial score (nSPS) is 17.8. The van der Waals surface area contributed by atoms with Crippen molar-refractivity contribution >= 4 is 28.9 Å². The maximum atomic E-state index is 15.1. The van der Waals surface area contributed by atoms with Crippen LogP contribution in [0.5, 0.6) is 0 Å². The van der Waals surface area contributed by atoms with Crippen LogP contribution in [-0.4, -0.2) is 28.0 Å². The molecule has 1 aliphatic rings. The van der Waals surface area contributed by atoms with Crippen LogP contribution < -0.4 is 4.90 Å². The summed E-state index contributed by atoms with van der Waals surface area (Å²) < 4.78 is 22.2. The molecule has 166 valence electrons. The molecule has 2 heterocycles. The van der Waals surface area contributed by atoms with E-state index in [0.717, 1.165) is 5.56 Å². The molecule has 0 unspecified atom stereocenters. The standard InChI is InChI=1S/C26H22FN3O3/c1-2-33-25(32)22-23(18-12-6-7-13-19(18)27)30-21-15-9-8-14-20(21)28-26(30)29(24(22)31)16-17-10-4-3-5-11-17/h3-15,22-23H,2,16H2,1H3/t22-,23+/m1/s1. The summed E-state index contributed by atoms with van der Waals surface area (Å²) in [6.45, 7) is 2.02. The van der Waals surface area contributed by atoms with Gasteiger partial charge in [0.1, 0.15) is 5.82 Å². The molecule has 0 radical (unpaired) electrons. The molecule has 1 aliphatic heterocycles. The van der Waals surface area contributed by atoms with Gasteiger partial charge in [0.05, 0.1) is 30.2 Å². The van der Waals surface area contributed by atoms with E-state index in [1.54, 1.807) is 29.7 Å². The third-order valence-electron chi connectivity index (χ3n) is 5.89. The van der Waals surface area contributed by atoms with E-state index in [-0.39, 0.29) is 18.7 Å². The lowest BCUT2D eigenvalue weighted by Gasteiger charge is -2.38. The Balaban J connectivity index is 1.77. The Kier molecular flexibility index (Phi) is 5.38. The first-order valence-electron chi connectivity index (χ1n) is 10.8. The van der Waals surface area contributed by atoms with E-state index < -0.39 is 29.7 Å². The topological polar surface area (TPSA) is 64.4 Å². The number of nitrogens with zero attached hydrogens (tertiary/aromatic N) is 3. The molecule has 0 spiro atoms. The van der Waals surface area contributed by atoms with Crippen LogP contribution in [0.25, 0.3) is 11.0 Å². The molecule has 3 aromatic carbocycles. The second kappa shape index (κ2) is 8.50. The number of hydrogen-bond donors (Lipinski definition) is 0. The van der Waals surface area contributed by atoms with Crippen molar-refractivity contribution in [3.63, 3.8) is 0 Å². The van der Waals surface area contributed by atoms with Crippen LogP contribution in [0.2, 0.25) is 0 Å². The maximum Gasteiger partial charge on any atom is 0.321 e. The number of para-hydroxylation sites is 2. The van der Waals surface area contributed by atoms with Crippen molar-refractivity contribution in [2.45, 2.75) is 19.5 Å². The summed E-state index contributed by atoms with van der Waals surface area (Å²) >= 11 is 0. The number of anilines is 1. The van der Waals surface area contributed by atoms with Gasteiger partial charge >= 0.3 is 5.97 Å². The summed E-state index contributed by atoms with van der Waals surface area (Å²) in [5.74, 6) is -2.52. The van der Waals surface area contributed by atoms with Crippen LogP contribution in [0, 0.1) is 11.7 Å². The molecular formula is C26H22FN3O3. The zero-order valence-corrected chi connectivity index (χ0v) is 18.0. The zero-order chi connectivity index (χ0) is 22.9. The molecule has 2 atom stereocenters. The van der Waals surface area contributed by atoms with E-state index in [1.807, 2.05) is 54.6 Å². The third-order valence-corrected chi connectivity index (χ3v) is 5.89. The van der Waals surface area contributed by atoms with Crippen LogP contribution >= 0.6 is 0 Å². The van der Waals surface area contributed by atoms with Gasteiger partial charge in [-0.3, -0.25) is 14.5 Å². The fourth-order valence-electron chi connectivity index (χ4n) is 4.46. The second-order valence-corrected chi connectivity index (χ2v) is 7.88. The van der Waals surface area contributed by atoms with Crippen molar-refractivity contribution in [2.24, 2.45) is 5.92 Å². The van der Waals surface area contributed by atoms with Crippen LogP contribution in [0.3, 0.4) is 0 Å². The highest BCUT2D eigenvalue weighted by Crippen LogP contribution is 2.42. The Bertz CT molecular complexity index is 1340. The second-order valence-electron chi connectivity index (χ2n) is 7.88. The van der Waals surface area contributed by atoms with Crippen LogP contribution in [-0.2, 0) is 20.9 Å². The molecule has 0 N–H and O–H groups in total. The van der Waals surface area contributed by atoms with E-state index in [1.165, 1.54) is 11.0 Å². The van der Waals surface area contributed by atoms with Gasteiger partial charge in [0, 0.05) is 5.56 Å². The molecule has 7 heteroatoms. The van der Waals surface area contributed by atoms with Crippen LogP contribution in [0.4, 0.5) is 10.3 Å². The molecule has 4 aromatic rings. The number of ether oxygens (including phenoxy) is 1. The van der Waals surface area contributed by atoms with Gasteiger partial charge in [0.2, 0.25) is 11.9 Å². The Labute approximate surface area is 190 Å². The number of carbonyl (C=O) groups is 2. The molecule has 33 heavy (non-hydrogen) atoms. The van der Waals surface area contributed by atoms with Crippen molar-refractivity contribution in [3.05, 3.63) is 95.8 Å². The van der Waals surface area contributed by atoms with Gasteiger partial charge in [-0.1, -0.05) is 60.7 Å². The molecule has 0 saturated heterocycles. The molecule has 0 fully saturated rings. The Morgan fingerprint density at radius 2 is 1.70 bits per heavy atom. The van der Waals surface area contributed by atoms with E-state index in [9.17, 15) is 9.59 Å². The molecule has 6 nitrogen and oxygen atoms in total. The van der Waals surface area contributed by atoms with Crippen molar-refractivity contribution in [1.82, 2.24) is 9.55 Å². The lowest BCUT2D eigenvalue weighted by atomic mass is 9.89. The van der Waals surface area contributed by atoms with Gasteiger partial charge in [0.25, 0.3) is 0 Å². The number of imidazole rings is 1. The number of carbonyl (C=O) groups excluding carboxylic acids is 2. The first-order valence-corrected chi connectivity index (χ1v) is 10.8. The lowest BCUT2D eigenvalue weighted by molar-refractivity contribution is -0.153. The summed E-state index contributed by atoms with van der Waals surface area (Å²) in [5.41, 5.74) is 2.49. The van der Waals surface area contributed by atoms with Gasteiger partial charge in [-0.2, -0.15) is 0 Å². The SMILES string of the molecule is CCOC(=O)[C@H]1C(=O)N(Cc2ccccc2)c2nc3ccccc3n2[C@H]1c1ccccc1F. The minimum Gasteiger partial charge on any atom is -0.465 e. The largest absolute Gasteiger partial charge is 0.465 e. The summed E-state index contributed by atoms with van der Waals surface area (Å²) in [4.78, 5) is 33.2. The van der Waals surface area contributed by atoms with Gasteiger partial charge in [-0.15, -0.1) is 0 Å². The van der Waals surface area contributed by atoms with Gasteiger partial charge in [-0.25, -0.2) is 9.37 Å². The first-order chi connectivity index (χ1) is 16.1. The first kappa shape index (κ1) is 20.9. The highest BCUT2D eigenvalue weighted by atomic mass is 19.1. The predicted molar refractivity (Wildman–Crippen MR) is 122 cm³/mol. The number of rotatable bonds is 5. The molecule has 0 aliphatic carbocycles. The average Bonchev–Trinajstić information content (AvgIpc) is 3.21. The van der Waals surface area contributed by atoms with Gasteiger partial charge < -0.3 is 9.30 Å². The Morgan fingerprint density at radius 3 is 2.45 bits per heavy atom. The minimum atomic E-state index is -1.25. The number of halogens is 1. The lowest BCUT2D eigenvalue weighted by Crippen LogP contribution is -2.50. The summed E-state index contributed by atoms with van der Waals surface area (Å²) in [6, 6.07) is 22.2. The Hall–Kier alpha value is -4.00. The van der Waals surface area contributed by atoms with E-state index in [2.05, 4.69) is 0 Å². The molecule has 1 amide bonds. The molecule has 0 saturated carbocycles. The van der Waals surface area contributed by atoms with Crippen molar-refractivity contribution in [3.8, 4) is 0 Å². The highest BCUT2D eigenvalue weighted by molar-refractivity contribution is 6.08. The molecular weight excluding hydrogens is 421 g/mol. The number of fused-ring (bicyclic) bond motifs is 3.